The number of halogens is 2. The molecule has 1 aromatic carbocycles. The van der Waals surface area contributed by atoms with Crippen LogP contribution in [0.5, 0.6) is 0 Å². The molecule has 1 aromatic rings. The number of anilines is 1. The lowest BCUT2D eigenvalue weighted by atomic mass is 10.0. The molecule has 0 spiro atoms. The third-order valence-electron chi connectivity index (χ3n) is 5.14. The molecule has 3 heterocycles. The first-order chi connectivity index (χ1) is 12.5. The van der Waals surface area contributed by atoms with Crippen LogP contribution in [-0.4, -0.2) is 54.8 Å². The minimum atomic E-state index is -0.894. The predicted octanol–water partition coefficient (Wildman–Crippen LogP) is 0.135. The second-order valence-electron chi connectivity index (χ2n) is 6.68. The van der Waals surface area contributed by atoms with Crippen LogP contribution in [0.15, 0.2) is 6.07 Å². The van der Waals surface area contributed by atoms with Gasteiger partial charge in [0.25, 0.3) is 5.91 Å². The molecule has 26 heavy (non-hydrogen) atoms. The molecule has 138 valence electrons. The lowest BCUT2D eigenvalue weighted by molar-refractivity contribution is -0.136. The van der Waals surface area contributed by atoms with Crippen molar-refractivity contribution in [2.24, 2.45) is 0 Å². The van der Waals surface area contributed by atoms with E-state index in [9.17, 15) is 18.8 Å². The van der Waals surface area contributed by atoms with E-state index in [1.54, 1.807) is 4.90 Å². The van der Waals surface area contributed by atoms with Gasteiger partial charge in [-0.05, 0) is 6.42 Å². The van der Waals surface area contributed by atoms with Gasteiger partial charge in [-0.1, -0.05) is 0 Å². The molecule has 3 amide bonds. The first-order valence-electron chi connectivity index (χ1n) is 8.58. The highest BCUT2D eigenvalue weighted by Crippen LogP contribution is 2.35. The SMILES string of the molecule is O=C1CCC(N2Cc3c(F)c(N4CCNCC4)cc(F)c3C2=O)C(=O)N1. The zero-order valence-corrected chi connectivity index (χ0v) is 14.0. The number of amides is 3. The molecule has 2 N–H and O–H groups in total. The van der Waals surface area contributed by atoms with Gasteiger partial charge in [0.2, 0.25) is 11.8 Å². The van der Waals surface area contributed by atoms with E-state index in [1.165, 1.54) is 0 Å². The number of fused-ring (bicyclic) bond motifs is 1. The number of carbonyl (C=O) groups is 3. The molecule has 1 unspecified atom stereocenters. The van der Waals surface area contributed by atoms with Crippen molar-refractivity contribution in [2.75, 3.05) is 31.1 Å². The molecule has 9 heteroatoms. The first-order valence-corrected chi connectivity index (χ1v) is 8.58. The minimum Gasteiger partial charge on any atom is -0.367 e. The highest BCUT2D eigenvalue weighted by molar-refractivity contribution is 6.05. The van der Waals surface area contributed by atoms with Crippen molar-refractivity contribution in [3.63, 3.8) is 0 Å². The average molecular weight is 364 g/mol. The van der Waals surface area contributed by atoms with Gasteiger partial charge in [-0.15, -0.1) is 0 Å². The van der Waals surface area contributed by atoms with Crippen LogP contribution in [-0.2, 0) is 16.1 Å². The zero-order valence-electron chi connectivity index (χ0n) is 14.0. The number of hydrogen-bond acceptors (Lipinski definition) is 5. The Morgan fingerprint density at radius 1 is 1.12 bits per heavy atom. The minimum absolute atomic E-state index is 0.0202. The monoisotopic (exact) mass is 364 g/mol. The summed E-state index contributed by atoms with van der Waals surface area (Å²) in [6.45, 7) is 2.24. The third-order valence-corrected chi connectivity index (χ3v) is 5.14. The van der Waals surface area contributed by atoms with Crippen molar-refractivity contribution < 1.29 is 23.2 Å². The maximum atomic E-state index is 15.0. The molecule has 3 aliphatic heterocycles. The molecule has 0 bridgehead atoms. The van der Waals surface area contributed by atoms with Crippen LogP contribution in [0, 0.1) is 11.6 Å². The van der Waals surface area contributed by atoms with Crippen molar-refractivity contribution >= 4 is 23.4 Å². The Morgan fingerprint density at radius 2 is 1.85 bits per heavy atom. The molecular formula is C17H18F2N4O3. The molecule has 0 aromatic heterocycles. The molecule has 0 saturated carbocycles. The van der Waals surface area contributed by atoms with Gasteiger partial charge in [-0.3, -0.25) is 19.7 Å². The van der Waals surface area contributed by atoms with Gasteiger partial charge in [0.1, 0.15) is 11.9 Å². The number of nitrogens with zero attached hydrogens (tertiary/aromatic N) is 2. The van der Waals surface area contributed by atoms with Gasteiger partial charge in [-0.25, -0.2) is 8.78 Å². The second-order valence-corrected chi connectivity index (χ2v) is 6.68. The van der Waals surface area contributed by atoms with Crippen molar-refractivity contribution in [3.05, 3.63) is 28.8 Å². The van der Waals surface area contributed by atoms with Gasteiger partial charge in [-0.2, -0.15) is 0 Å². The summed E-state index contributed by atoms with van der Waals surface area (Å²) < 4.78 is 29.7. The van der Waals surface area contributed by atoms with Gasteiger partial charge >= 0.3 is 0 Å². The van der Waals surface area contributed by atoms with Gasteiger partial charge in [0, 0.05) is 44.2 Å². The van der Waals surface area contributed by atoms with Crippen molar-refractivity contribution in [2.45, 2.75) is 25.4 Å². The van der Waals surface area contributed by atoms with Gasteiger partial charge in [0.05, 0.1) is 17.8 Å². The Morgan fingerprint density at radius 3 is 2.54 bits per heavy atom. The summed E-state index contributed by atoms with van der Waals surface area (Å²) in [6, 6.07) is 0.166. The molecule has 4 rings (SSSR count). The Labute approximate surface area is 148 Å². The third kappa shape index (κ3) is 2.63. The lowest BCUT2D eigenvalue weighted by Crippen LogP contribution is -2.52. The summed E-state index contributed by atoms with van der Waals surface area (Å²) in [7, 11) is 0. The number of hydrogen-bond donors (Lipinski definition) is 2. The van der Waals surface area contributed by atoms with Crippen LogP contribution in [0.2, 0.25) is 0 Å². The molecule has 7 nitrogen and oxygen atoms in total. The van der Waals surface area contributed by atoms with E-state index in [1.807, 2.05) is 0 Å². The first kappa shape index (κ1) is 16.9. The van der Waals surface area contributed by atoms with E-state index in [0.29, 0.717) is 26.2 Å². The van der Waals surface area contributed by atoms with E-state index >= 15 is 4.39 Å². The van der Waals surface area contributed by atoms with E-state index in [2.05, 4.69) is 10.6 Å². The van der Waals surface area contributed by atoms with E-state index < -0.39 is 35.4 Å². The second kappa shape index (κ2) is 6.31. The average Bonchev–Trinajstić information content (AvgIpc) is 2.97. The topological polar surface area (TPSA) is 81.8 Å². The number of carbonyl (C=O) groups excluding carboxylic acids is 3. The van der Waals surface area contributed by atoms with Crippen molar-refractivity contribution in [3.8, 4) is 0 Å². The number of piperazine rings is 1. The summed E-state index contributed by atoms with van der Waals surface area (Å²) in [4.78, 5) is 38.9. The highest BCUT2D eigenvalue weighted by Gasteiger charge is 2.42. The molecule has 2 fully saturated rings. The van der Waals surface area contributed by atoms with Crippen LogP contribution in [0.1, 0.15) is 28.8 Å². The molecule has 1 atom stereocenters. The lowest BCUT2D eigenvalue weighted by Gasteiger charge is -2.30. The number of rotatable bonds is 2. The van der Waals surface area contributed by atoms with Crippen LogP contribution in [0.4, 0.5) is 14.5 Å². The van der Waals surface area contributed by atoms with E-state index in [-0.39, 0.29) is 36.2 Å². The Hall–Kier alpha value is -2.55. The number of piperidine rings is 1. The summed E-state index contributed by atoms with van der Waals surface area (Å²) in [5, 5.41) is 5.32. The molecule has 3 aliphatic rings. The Kier molecular flexibility index (Phi) is 4.10. The zero-order chi connectivity index (χ0) is 18.4. The maximum Gasteiger partial charge on any atom is 0.258 e. The van der Waals surface area contributed by atoms with Crippen molar-refractivity contribution in [1.29, 1.82) is 0 Å². The molecule has 0 radical (unpaired) electrons. The Balaban J connectivity index is 1.67. The predicted molar refractivity (Wildman–Crippen MR) is 87.5 cm³/mol. The van der Waals surface area contributed by atoms with E-state index in [4.69, 9.17) is 0 Å². The Bertz CT molecular complexity index is 808. The molecule has 0 aliphatic carbocycles. The fourth-order valence-corrected chi connectivity index (χ4v) is 3.80. The summed E-state index contributed by atoms with van der Waals surface area (Å²) in [5.74, 6) is -3.13. The summed E-state index contributed by atoms with van der Waals surface area (Å²) in [6.07, 6.45) is 0.242. The molecular weight excluding hydrogens is 346 g/mol. The normalized spacial score (nSPS) is 23.3. The summed E-state index contributed by atoms with van der Waals surface area (Å²) in [5.41, 5.74) is -0.194. The number of nitrogens with one attached hydrogen (secondary N) is 2. The van der Waals surface area contributed by atoms with Crippen LogP contribution < -0.4 is 15.5 Å². The fraction of sp³-hybridized carbons (Fsp3) is 0.471. The number of benzene rings is 1. The highest BCUT2D eigenvalue weighted by atomic mass is 19.1. The van der Waals surface area contributed by atoms with E-state index in [0.717, 1.165) is 11.0 Å². The van der Waals surface area contributed by atoms with Gasteiger partial charge < -0.3 is 15.1 Å². The van der Waals surface area contributed by atoms with Gasteiger partial charge in [0.15, 0.2) is 5.82 Å². The van der Waals surface area contributed by atoms with Crippen molar-refractivity contribution in [1.82, 2.24) is 15.5 Å². The fourth-order valence-electron chi connectivity index (χ4n) is 3.80. The van der Waals surface area contributed by atoms with Crippen LogP contribution in [0.3, 0.4) is 0 Å². The largest absolute Gasteiger partial charge is 0.367 e. The quantitative estimate of drug-likeness (QED) is 0.730. The van der Waals surface area contributed by atoms with Crippen LogP contribution in [0.25, 0.3) is 0 Å². The summed E-state index contributed by atoms with van der Waals surface area (Å²) >= 11 is 0. The van der Waals surface area contributed by atoms with Crippen LogP contribution >= 0.6 is 0 Å². The maximum absolute atomic E-state index is 15.0. The standard InChI is InChI=1S/C17H18F2N4O3/c18-10-7-12(22-5-3-20-4-6-22)15(19)9-8-23(17(26)14(9)10)11-1-2-13(24)21-16(11)25/h7,11,20H,1-6,8H2,(H,21,24,25). The smallest absolute Gasteiger partial charge is 0.258 e. The number of imide groups is 1. The molecule has 2 saturated heterocycles.